The molecule has 0 unspecified atom stereocenters. The Morgan fingerprint density at radius 3 is 2.58 bits per heavy atom. The van der Waals surface area contributed by atoms with Crippen LogP contribution in [0.15, 0.2) is 36.4 Å². The van der Waals surface area contributed by atoms with Gasteiger partial charge in [0.1, 0.15) is 5.75 Å². The summed E-state index contributed by atoms with van der Waals surface area (Å²) in [6.45, 7) is -2.81. The summed E-state index contributed by atoms with van der Waals surface area (Å²) in [7, 11) is 0. The summed E-state index contributed by atoms with van der Waals surface area (Å²) in [6.07, 6.45) is 0.640. The van der Waals surface area contributed by atoms with E-state index in [0.717, 1.165) is 16.3 Å². The highest BCUT2D eigenvalue weighted by Gasteiger charge is 2.04. The lowest BCUT2D eigenvalue weighted by Gasteiger charge is -2.05. The second-order valence-corrected chi connectivity index (χ2v) is 4.22. The van der Waals surface area contributed by atoms with Crippen LogP contribution >= 0.6 is 11.6 Å². The van der Waals surface area contributed by atoms with E-state index >= 15 is 0 Å². The molecule has 19 heavy (non-hydrogen) atoms. The van der Waals surface area contributed by atoms with Crippen LogP contribution in [0.5, 0.6) is 5.75 Å². The second-order valence-electron chi connectivity index (χ2n) is 3.84. The highest BCUT2D eigenvalue weighted by atomic mass is 35.5. The van der Waals surface area contributed by atoms with Gasteiger partial charge in [-0.05, 0) is 35.0 Å². The van der Waals surface area contributed by atoms with E-state index in [1.807, 2.05) is 18.2 Å². The van der Waals surface area contributed by atoms with E-state index < -0.39 is 6.61 Å². The maximum atomic E-state index is 12.1. The monoisotopic (exact) mass is 280 g/mol. The Balaban J connectivity index is 2.28. The first-order valence-corrected chi connectivity index (χ1v) is 6.26. The van der Waals surface area contributed by atoms with E-state index in [4.69, 9.17) is 11.6 Å². The van der Waals surface area contributed by atoms with E-state index in [1.165, 1.54) is 6.07 Å². The van der Waals surface area contributed by atoms with Gasteiger partial charge in [-0.25, -0.2) is 0 Å². The average Bonchev–Trinajstić information content (AvgIpc) is 2.38. The molecule has 0 bridgehead atoms. The summed E-state index contributed by atoms with van der Waals surface area (Å²) in [5, 5.41) is 1.76. The second kappa shape index (κ2) is 6.40. The summed E-state index contributed by atoms with van der Waals surface area (Å²) in [4.78, 5) is 0. The van der Waals surface area contributed by atoms with Crippen molar-refractivity contribution in [3.05, 3.63) is 42.0 Å². The number of hydrogen-bond donors (Lipinski definition) is 0. The standard InChI is InChI=1S/C15H11ClF2O/c16-8-2-1-3-11-4-5-13-10-14(19-15(17)18)7-6-12(13)9-11/h4-7,9-10,15H,2,8H2. The summed E-state index contributed by atoms with van der Waals surface area (Å²) in [5.41, 5.74) is 0.875. The molecule has 2 rings (SSSR count). The molecule has 0 saturated carbocycles. The van der Waals surface area contributed by atoms with Crippen molar-refractivity contribution in [3.63, 3.8) is 0 Å². The Morgan fingerprint density at radius 2 is 1.84 bits per heavy atom. The van der Waals surface area contributed by atoms with Crippen molar-refractivity contribution in [2.45, 2.75) is 13.0 Å². The van der Waals surface area contributed by atoms with Crippen LogP contribution in [-0.4, -0.2) is 12.5 Å². The number of benzene rings is 2. The minimum atomic E-state index is -2.81. The number of halogens is 3. The lowest BCUT2D eigenvalue weighted by molar-refractivity contribution is -0.0497. The van der Waals surface area contributed by atoms with E-state index in [0.29, 0.717) is 12.3 Å². The van der Waals surface area contributed by atoms with Gasteiger partial charge in [0.05, 0.1) is 0 Å². The van der Waals surface area contributed by atoms with Crippen molar-refractivity contribution in [1.29, 1.82) is 0 Å². The number of ether oxygens (including phenoxy) is 1. The molecule has 0 saturated heterocycles. The number of rotatable bonds is 3. The van der Waals surface area contributed by atoms with Crippen molar-refractivity contribution in [2.75, 3.05) is 5.88 Å². The number of alkyl halides is 3. The van der Waals surface area contributed by atoms with E-state index in [1.54, 1.807) is 12.1 Å². The zero-order chi connectivity index (χ0) is 13.7. The van der Waals surface area contributed by atoms with Gasteiger partial charge in [-0.15, -0.1) is 11.6 Å². The van der Waals surface area contributed by atoms with Crippen molar-refractivity contribution in [3.8, 4) is 17.6 Å². The van der Waals surface area contributed by atoms with Crippen LogP contribution < -0.4 is 4.74 Å². The normalized spacial score (nSPS) is 10.3. The van der Waals surface area contributed by atoms with Crippen molar-refractivity contribution in [2.24, 2.45) is 0 Å². The van der Waals surface area contributed by atoms with Gasteiger partial charge >= 0.3 is 6.61 Å². The molecule has 0 N–H and O–H groups in total. The molecule has 0 aliphatic carbocycles. The molecule has 0 fully saturated rings. The Kier molecular flexibility index (Phi) is 4.59. The van der Waals surface area contributed by atoms with Gasteiger partial charge in [-0.3, -0.25) is 0 Å². The van der Waals surface area contributed by atoms with Crippen molar-refractivity contribution >= 4 is 22.4 Å². The maximum absolute atomic E-state index is 12.1. The molecule has 0 radical (unpaired) electrons. The summed E-state index contributed by atoms with van der Waals surface area (Å²) in [5.74, 6) is 6.61. The maximum Gasteiger partial charge on any atom is 0.387 e. The highest BCUT2D eigenvalue weighted by Crippen LogP contribution is 2.23. The Bertz CT molecular complexity index is 629. The third-order valence-corrected chi connectivity index (χ3v) is 2.68. The molecular weight excluding hydrogens is 270 g/mol. The van der Waals surface area contributed by atoms with Gasteiger partial charge in [0, 0.05) is 17.9 Å². The van der Waals surface area contributed by atoms with Crippen LogP contribution in [0, 0.1) is 11.8 Å². The quantitative estimate of drug-likeness (QED) is 0.597. The van der Waals surface area contributed by atoms with Gasteiger partial charge in [0.15, 0.2) is 0 Å². The van der Waals surface area contributed by atoms with Gasteiger partial charge in [-0.2, -0.15) is 8.78 Å². The highest BCUT2D eigenvalue weighted by molar-refractivity contribution is 6.18. The lowest BCUT2D eigenvalue weighted by atomic mass is 10.1. The van der Waals surface area contributed by atoms with E-state index in [2.05, 4.69) is 16.6 Å². The van der Waals surface area contributed by atoms with Crippen LogP contribution in [0.1, 0.15) is 12.0 Å². The van der Waals surface area contributed by atoms with Crippen molar-refractivity contribution in [1.82, 2.24) is 0 Å². The third kappa shape index (κ3) is 3.84. The predicted molar refractivity (Wildman–Crippen MR) is 72.8 cm³/mol. The number of fused-ring (bicyclic) bond motifs is 1. The topological polar surface area (TPSA) is 9.23 Å². The minimum Gasteiger partial charge on any atom is -0.435 e. The largest absolute Gasteiger partial charge is 0.435 e. The first kappa shape index (κ1) is 13.6. The first-order chi connectivity index (χ1) is 9.19. The van der Waals surface area contributed by atoms with Crippen LogP contribution in [0.25, 0.3) is 10.8 Å². The Hall–Kier alpha value is -1.79. The van der Waals surface area contributed by atoms with Crippen LogP contribution in [0.3, 0.4) is 0 Å². The molecule has 0 heterocycles. The van der Waals surface area contributed by atoms with Gasteiger partial charge in [0.25, 0.3) is 0 Å². The van der Waals surface area contributed by atoms with Gasteiger partial charge < -0.3 is 4.74 Å². The molecule has 0 aliphatic rings. The lowest BCUT2D eigenvalue weighted by Crippen LogP contribution is -2.01. The van der Waals surface area contributed by atoms with Gasteiger partial charge in [-0.1, -0.05) is 24.0 Å². The molecule has 98 valence electrons. The minimum absolute atomic E-state index is 0.156. The molecule has 4 heteroatoms. The van der Waals surface area contributed by atoms with Crippen LogP contribution in [0.4, 0.5) is 8.78 Å². The zero-order valence-electron chi connectivity index (χ0n) is 10.00. The predicted octanol–water partition coefficient (Wildman–Crippen LogP) is 4.42. The van der Waals surface area contributed by atoms with E-state index in [-0.39, 0.29) is 5.75 Å². The van der Waals surface area contributed by atoms with Gasteiger partial charge in [0.2, 0.25) is 0 Å². The fourth-order valence-corrected chi connectivity index (χ4v) is 1.78. The molecule has 0 atom stereocenters. The van der Waals surface area contributed by atoms with Crippen molar-refractivity contribution < 1.29 is 13.5 Å². The Labute approximate surface area is 115 Å². The fraction of sp³-hybridized carbons (Fsp3) is 0.200. The zero-order valence-corrected chi connectivity index (χ0v) is 10.8. The molecule has 1 nitrogen and oxygen atoms in total. The smallest absolute Gasteiger partial charge is 0.387 e. The first-order valence-electron chi connectivity index (χ1n) is 5.72. The summed E-state index contributed by atoms with van der Waals surface area (Å²) in [6, 6.07) is 10.4. The SMILES string of the molecule is FC(F)Oc1ccc2cc(C#CCCCl)ccc2c1. The summed E-state index contributed by atoms with van der Waals surface area (Å²) < 4.78 is 28.6. The van der Waals surface area contributed by atoms with E-state index in [9.17, 15) is 8.78 Å². The van der Waals surface area contributed by atoms with Crippen LogP contribution in [0.2, 0.25) is 0 Å². The molecule has 2 aromatic carbocycles. The molecule has 0 spiro atoms. The molecule has 0 amide bonds. The number of hydrogen-bond acceptors (Lipinski definition) is 1. The van der Waals surface area contributed by atoms with Crippen LogP contribution in [-0.2, 0) is 0 Å². The fourth-order valence-electron chi connectivity index (χ4n) is 1.69. The molecular formula is C15H11ClF2O. The average molecular weight is 281 g/mol. The molecule has 0 aliphatic heterocycles. The molecule has 0 aromatic heterocycles. The Morgan fingerprint density at radius 1 is 1.11 bits per heavy atom. The third-order valence-electron chi connectivity index (χ3n) is 2.49. The molecule has 2 aromatic rings. The summed E-state index contributed by atoms with van der Waals surface area (Å²) >= 11 is 5.54.